The molecular formula is C25H36N4O2. The van der Waals surface area contributed by atoms with Gasteiger partial charge in [0.05, 0.1) is 17.6 Å². The monoisotopic (exact) mass is 424 g/mol. The smallest absolute Gasteiger partial charge is 0.290 e. The first-order valence-corrected chi connectivity index (χ1v) is 11.8. The van der Waals surface area contributed by atoms with E-state index in [9.17, 15) is 9.59 Å². The number of amides is 2. The van der Waals surface area contributed by atoms with Crippen LogP contribution in [0.5, 0.6) is 0 Å². The molecule has 6 nitrogen and oxygen atoms in total. The van der Waals surface area contributed by atoms with Gasteiger partial charge in [-0.1, -0.05) is 52.7 Å². The van der Waals surface area contributed by atoms with Crippen molar-refractivity contribution in [1.82, 2.24) is 19.8 Å². The zero-order valence-corrected chi connectivity index (χ0v) is 19.5. The highest BCUT2D eigenvalue weighted by Gasteiger charge is 2.49. The molecule has 1 N–H and O–H groups in total. The molecule has 168 valence electrons. The van der Waals surface area contributed by atoms with Crippen LogP contribution in [0.1, 0.15) is 70.9 Å². The number of carbonyl (C=O) groups excluding carboxylic acids is 2. The fraction of sp³-hybridized carbons (Fsp3) is 0.640. The van der Waals surface area contributed by atoms with Gasteiger partial charge in [-0.3, -0.25) is 9.59 Å². The van der Waals surface area contributed by atoms with Gasteiger partial charge in [0.25, 0.3) is 5.91 Å². The third kappa shape index (κ3) is 3.85. The van der Waals surface area contributed by atoms with Crippen LogP contribution in [0.15, 0.2) is 24.3 Å². The van der Waals surface area contributed by atoms with Gasteiger partial charge in [0, 0.05) is 12.6 Å². The first-order valence-electron chi connectivity index (χ1n) is 11.8. The topological polar surface area (TPSA) is 67.2 Å². The summed E-state index contributed by atoms with van der Waals surface area (Å²) in [4.78, 5) is 33.8. The molecule has 0 unspecified atom stereocenters. The average molecular weight is 425 g/mol. The molecule has 0 saturated heterocycles. The highest BCUT2D eigenvalue weighted by Crippen LogP contribution is 2.33. The van der Waals surface area contributed by atoms with Crippen molar-refractivity contribution in [2.24, 2.45) is 17.8 Å². The zero-order valence-electron chi connectivity index (χ0n) is 19.5. The van der Waals surface area contributed by atoms with Crippen molar-refractivity contribution >= 4 is 22.8 Å². The average Bonchev–Trinajstić information content (AvgIpc) is 3.09. The molecule has 0 spiro atoms. The van der Waals surface area contributed by atoms with E-state index in [1.807, 2.05) is 35.8 Å². The first-order chi connectivity index (χ1) is 14.7. The summed E-state index contributed by atoms with van der Waals surface area (Å²) in [5, 5.41) is 3.35. The van der Waals surface area contributed by atoms with Crippen molar-refractivity contribution in [1.29, 1.82) is 0 Å². The Morgan fingerprint density at radius 3 is 2.74 bits per heavy atom. The van der Waals surface area contributed by atoms with Crippen molar-refractivity contribution in [3.8, 4) is 0 Å². The molecule has 1 aromatic heterocycles. The first kappa shape index (κ1) is 21.8. The Bertz CT molecular complexity index is 981. The van der Waals surface area contributed by atoms with E-state index in [0.29, 0.717) is 36.7 Å². The maximum Gasteiger partial charge on any atom is 0.290 e. The predicted molar refractivity (Wildman–Crippen MR) is 123 cm³/mol. The Morgan fingerprint density at radius 1 is 1.26 bits per heavy atom. The van der Waals surface area contributed by atoms with Gasteiger partial charge in [0.15, 0.2) is 5.82 Å². The lowest BCUT2D eigenvalue weighted by Crippen LogP contribution is -2.65. The summed E-state index contributed by atoms with van der Waals surface area (Å²) in [5.74, 6) is 1.73. The Balaban J connectivity index is 1.69. The number of para-hydroxylation sites is 2. The second-order valence-corrected chi connectivity index (χ2v) is 10.3. The Hall–Kier alpha value is -2.37. The van der Waals surface area contributed by atoms with Gasteiger partial charge >= 0.3 is 0 Å². The van der Waals surface area contributed by atoms with Crippen molar-refractivity contribution in [2.75, 3.05) is 6.54 Å². The molecule has 0 radical (unpaired) electrons. The van der Waals surface area contributed by atoms with Crippen LogP contribution in [0.3, 0.4) is 0 Å². The van der Waals surface area contributed by atoms with Gasteiger partial charge < -0.3 is 14.8 Å². The number of nitrogens with zero attached hydrogens (tertiary/aromatic N) is 3. The van der Waals surface area contributed by atoms with Crippen LogP contribution in [-0.2, 0) is 11.3 Å². The zero-order chi connectivity index (χ0) is 22.3. The second kappa shape index (κ2) is 8.29. The Labute approximate surface area is 185 Å². The van der Waals surface area contributed by atoms with Crippen LogP contribution in [-0.4, -0.2) is 44.4 Å². The largest absolute Gasteiger partial charge is 0.351 e. The number of hydrogen-bond acceptors (Lipinski definition) is 3. The fourth-order valence-corrected chi connectivity index (χ4v) is 5.18. The van der Waals surface area contributed by atoms with Gasteiger partial charge in [0.2, 0.25) is 5.91 Å². The minimum atomic E-state index is -0.942. The minimum Gasteiger partial charge on any atom is -0.351 e. The van der Waals surface area contributed by atoms with Gasteiger partial charge in [-0.2, -0.15) is 0 Å². The van der Waals surface area contributed by atoms with E-state index in [1.54, 1.807) is 4.90 Å². The molecule has 1 fully saturated rings. The van der Waals surface area contributed by atoms with E-state index in [0.717, 1.165) is 30.3 Å². The quantitative estimate of drug-likeness (QED) is 0.781. The van der Waals surface area contributed by atoms with Gasteiger partial charge in [-0.15, -0.1) is 0 Å². The molecule has 2 aliphatic rings. The lowest BCUT2D eigenvalue weighted by molar-refractivity contribution is -0.134. The molecule has 1 saturated carbocycles. The van der Waals surface area contributed by atoms with E-state index in [1.165, 1.54) is 6.42 Å². The molecule has 2 aromatic rings. The van der Waals surface area contributed by atoms with Crippen LogP contribution in [0.25, 0.3) is 11.0 Å². The molecule has 1 aromatic carbocycles. The van der Waals surface area contributed by atoms with Crippen LogP contribution >= 0.6 is 0 Å². The van der Waals surface area contributed by atoms with Crippen molar-refractivity contribution in [2.45, 2.75) is 78.4 Å². The number of carbonyl (C=O) groups is 2. The van der Waals surface area contributed by atoms with Gasteiger partial charge in [-0.05, 0) is 49.7 Å². The molecular weight excluding hydrogens is 388 g/mol. The maximum atomic E-state index is 13.8. The molecule has 4 rings (SSSR count). The number of nitrogens with one attached hydrogen (secondary N) is 1. The fourth-order valence-electron chi connectivity index (χ4n) is 5.18. The van der Waals surface area contributed by atoms with Crippen molar-refractivity contribution in [3.05, 3.63) is 30.1 Å². The second-order valence-electron chi connectivity index (χ2n) is 10.3. The molecule has 1 aliphatic carbocycles. The molecule has 4 atom stereocenters. The molecule has 2 amide bonds. The number of aromatic nitrogens is 2. The minimum absolute atomic E-state index is 0.0426. The normalized spacial score (nSPS) is 28.8. The van der Waals surface area contributed by atoms with Crippen LogP contribution in [0, 0.1) is 17.8 Å². The third-order valence-electron chi connectivity index (χ3n) is 7.60. The molecule has 0 bridgehead atoms. The highest BCUT2D eigenvalue weighted by molar-refractivity contribution is 6.01. The Morgan fingerprint density at radius 2 is 2.00 bits per heavy atom. The number of fused-ring (bicyclic) bond motifs is 3. The van der Waals surface area contributed by atoms with E-state index in [4.69, 9.17) is 0 Å². The van der Waals surface area contributed by atoms with E-state index >= 15 is 0 Å². The Kier molecular flexibility index (Phi) is 5.84. The number of rotatable bonds is 5. The van der Waals surface area contributed by atoms with Crippen LogP contribution in [0.2, 0.25) is 0 Å². The molecule has 6 heteroatoms. The van der Waals surface area contributed by atoms with E-state index < -0.39 is 5.54 Å². The van der Waals surface area contributed by atoms with E-state index in [-0.39, 0.29) is 17.9 Å². The lowest BCUT2D eigenvalue weighted by Gasteiger charge is -2.45. The third-order valence-corrected chi connectivity index (χ3v) is 7.60. The molecule has 31 heavy (non-hydrogen) atoms. The van der Waals surface area contributed by atoms with Gasteiger partial charge in [-0.25, -0.2) is 4.98 Å². The summed E-state index contributed by atoms with van der Waals surface area (Å²) in [6, 6.07) is 7.95. The molecule has 1 aliphatic heterocycles. The van der Waals surface area contributed by atoms with E-state index in [2.05, 4.69) is 38.0 Å². The number of imidazole rings is 1. The summed E-state index contributed by atoms with van der Waals surface area (Å²) in [6.07, 6.45) is 4.21. The standard InChI is InChI=1S/C25H36N4O2/c1-16(2)13-14-29-23(30)22-26-20-10-6-7-12-21(20)28(22)15-25(29,5)24(31)27-19-11-8-9-17(3)18(19)4/h6-7,10,12,16-19H,8-9,11,13-15H2,1-5H3,(H,27,31)/t17-,18+,19+,25+/m0/s1. The summed E-state index contributed by atoms with van der Waals surface area (Å²) >= 11 is 0. The van der Waals surface area contributed by atoms with Crippen LogP contribution < -0.4 is 5.32 Å². The van der Waals surface area contributed by atoms with Gasteiger partial charge in [0.1, 0.15) is 5.54 Å². The lowest BCUT2D eigenvalue weighted by atomic mass is 9.77. The van der Waals surface area contributed by atoms with Crippen molar-refractivity contribution < 1.29 is 9.59 Å². The number of hydrogen-bond donors (Lipinski definition) is 1. The number of benzene rings is 1. The highest BCUT2D eigenvalue weighted by atomic mass is 16.2. The summed E-state index contributed by atoms with van der Waals surface area (Å²) in [6.45, 7) is 11.7. The van der Waals surface area contributed by atoms with Crippen LogP contribution in [0.4, 0.5) is 0 Å². The van der Waals surface area contributed by atoms with Crippen molar-refractivity contribution in [3.63, 3.8) is 0 Å². The summed E-state index contributed by atoms with van der Waals surface area (Å²) in [5.41, 5.74) is 0.769. The molecule has 2 heterocycles. The SMILES string of the molecule is CC(C)CCN1C(=O)c2nc3ccccc3n2C[C@]1(C)C(=O)N[C@@H]1CCC[C@H](C)[C@H]1C. The predicted octanol–water partition coefficient (Wildman–Crippen LogP) is 4.24. The maximum absolute atomic E-state index is 13.8. The summed E-state index contributed by atoms with van der Waals surface area (Å²) < 4.78 is 1.94. The summed E-state index contributed by atoms with van der Waals surface area (Å²) in [7, 11) is 0.